The zero-order valence-corrected chi connectivity index (χ0v) is 10.6. The average Bonchev–Trinajstić information content (AvgIpc) is 2.55. The Kier molecular flexibility index (Phi) is 4.06. The molecular formula is C11H20N4O. The predicted molar refractivity (Wildman–Crippen MR) is 62.9 cm³/mol. The maximum absolute atomic E-state index is 11.6. The second kappa shape index (κ2) is 5.12. The first kappa shape index (κ1) is 12.7. The number of hydrogen-bond acceptors (Lipinski definition) is 3. The average molecular weight is 224 g/mol. The lowest BCUT2D eigenvalue weighted by Crippen LogP contribution is -2.41. The third-order valence-electron chi connectivity index (χ3n) is 2.75. The minimum Gasteiger partial charge on any atom is -0.347 e. The maximum atomic E-state index is 11.6. The molecule has 0 saturated heterocycles. The molecule has 0 aliphatic carbocycles. The molecular weight excluding hydrogens is 204 g/mol. The second-order valence-electron chi connectivity index (χ2n) is 4.21. The van der Waals surface area contributed by atoms with Gasteiger partial charge in [-0.25, -0.2) is 0 Å². The molecule has 5 nitrogen and oxygen atoms in total. The number of nitrogens with one attached hydrogen (secondary N) is 1. The van der Waals surface area contributed by atoms with Crippen LogP contribution in [0.1, 0.15) is 18.2 Å². The zero-order valence-electron chi connectivity index (χ0n) is 10.6. The molecule has 5 heteroatoms. The van der Waals surface area contributed by atoms with E-state index in [9.17, 15) is 4.79 Å². The molecule has 90 valence electrons. The van der Waals surface area contributed by atoms with E-state index in [4.69, 9.17) is 0 Å². The third-order valence-corrected chi connectivity index (χ3v) is 2.75. The first-order valence-electron chi connectivity index (χ1n) is 5.35. The normalized spacial score (nSPS) is 12.6. The van der Waals surface area contributed by atoms with Crippen LogP contribution in [0.4, 0.5) is 0 Å². The fraction of sp³-hybridized carbons (Fsp3) is 0.636. The van der Waals surface area contributed by atoms with Crippen molar-refractivity contribution in [1.82, 2.24) is 20.0 Å². The van der Waals surface area contributed by atoms with Crippen LogP contribution in [0.25, 0.3) is 0 Å². The molecule has 0 fully saturated rings. The van der Waals surface area contributed by atoms with E-state index in [0.29, 0.717) is 6.54 Å². The Labute approximate surface area is 96.4 Å². The molecule has 0 aromatic carbocycles. The van der Waals surface area contributed by atoms with Crippen LogP contribution in [0.5, 0.6) is 0 Å². The molecule has 0 radical (unpaired) electrons. The van der Waals surface area contributed by atoms with Crippen molar-refractivity contribution in [1.29, 1.82) is 0 Å². The summed E-state index contributed by atoms with van der Waals surface area (Å²) in [4.78, 5) is 13.2. The Hall–Kier alpha value is -1.36. The van der Waals surface area contributed by atoms with Crippen molar-refractivity contribution in [2.45, 2.75) is 26.4 Å². The monoisotopic (exact) mass is 224 g/mol. The fourth-order valence-electron chi connectivity index (χ4n) is 1.46. The van der Waals surface area contributed by atoms with Crippen molar-refractivity contribution in [3.63, 3.8) is 0 Å². The molecule has 1 aromatic rings. The van der Waals surface area contributed by atoms with Crippen molar-refractivity contribution in [2.75, 3.05) is 14.1 Å². The van der Waals surface area contributed by atoms with Crippen LogP contribution < -0.4 is 5.32 Å². The van der Waals surface area contributed by atoms with Crippen molar-refractivity contribution < 1.29 is 4.79 Å². The van der Waals surface area contributed by atoms with E-state index in [1.54, 1.807) is 19.0 Å². The summed E-state index contributed by atoms with van der Waals surface area (Å²) in [6.07, 6.45) is 1.83. The molecule has 1 amide bonds. The molecule has 0 saturated carbocycles. The van der Waals surface area contributed by atoms with Gasteiger partial charge in [-0.05, 0) is 13.8 Å². The van der Waals surface area contributed by atoms with Gasteiger partial charge in [0.05, 0.1) is 12.2 Å². The van der Waals surface area contributed by atoms with E-state index in [0.717, 1.165) is 11.3 Å². The third kappa shape index (κ3) is 2.82. The van der Waals surface area contributed by atoms with Crippen molar-refractivity contribution in [3.05, 3.63) is 17.5 Å². The van der Waals surface area contributed by atoms with Crippen molar-refractivity contribution >= 4 is 5.91 Å². The summed E-state index contributed by atoms with van der Waals surface area (Å²) in [6, 6.07) is -0.172. The van der Waals surface area contributed by atoms with Gasteiger partial charge in [-0.1, -0.05) is 0 Å². The highest BCUT2D eigenvalue weighted by Crippen LogP contribution is 2.05. The summed E-state index contributed by atoms with van der Waals surface area (Å²) in [7, 11) is 5.43. The van der Waals surface area contributed by atoms with Crippen molar-refractivity contribution in [2.24, 2.45) is 7.05 Å². The zero-order chi connectivity index (χ0) is 12.3. The van der Waals surface area contributed by atoms with Crippen LogP contribution in [0.3, 0.4) is 0 Å². The number of likely N-dealkylation sites (N-methyl/N-ethyl adjacent to an activating group) is 1. The summed E-state index contributed by atoms with van der Waals surface area (Å²) in [5, 5.41) is 7.35. The van der Waals surface area contributed by atoms with Gasteiger partial charge in [-0.3, -0.25) is 9.48 Å². The lowest BCUT2D eigenvalue weighted by atomic mass is 10.2. The molecule has 0 spiro atoms. The number of amides is 1. The van der Waals surface area contributed by atoms with Gasteiger partial charge in [0.2, 0.25) is 5.91 Å². The Balaban J connectivity index is 2.52. The number of rotatable bonds is 4. The van der Waals surface area contributed by atoms with Crippen LogP contribution in [0, 0.1) is 6.92 Å². The molecule has 1 N–H and O–H groups in total. The minimum absolute atomic E-state index is 0.0848. The number of nitrogens with zero attached hydrogens (tertiary/aromatic N) is 3. The van der Waals surface area contributed by atoms with Gasteiger partial charge in [0.1, 0.15) is 0 Å². The maximum Gasteiger partial charge on any atom is 0.238 e. The second-order valence-corrected chi connectivity index (χ2v) is 4.21. The molecule has 1 heterocycles. The van der Waals surface area contributed by atoms with E-state index in [1.165, 1.54) is 0 Å². The van der Waals surface area contributed by atoms with Gasteiger partial charge in [0, 0.05) is 38.9 Å². The smallest absolute Gasteiger partial charge is 0.238 e. The van der Waals surface area contributed by atoms with Crippen LogP contribution in [0.15, 0.2) is 6.20 Å². The number of aromatic nitrogens is 2. The van der Waals surface area contributed by atoms with E-state index in [1.807, 2.05) is 31.8 Å². The standard InChI is InChI=1S/C11H20N4O/c1-8(11(16)14(3)4)12-6-10-7-13-15(5)9(10)2/h7-8,12H,6H2,1-5H3. The molecule has 0 bridgehead atoms. The minimum atomic E-state index is -0.172. The molecule has 0 aliphatic heterocycles. The Bertz CT molecular complexity index is 370. The molecule has 1 unspecified atom stereocenters. The number of aryl methyl sites for hydroxylation is 1. The Morgan fingerprint density at radius 3 is 2.69 bits per heavy atom. The highest BCUT2D eigenvalue weighted by molar-refractivity contribution is 5.80. The lowest BCUT2D eigenvalue weighted by Gasteiger charge is -2.17. The molecule has 0 aliphatic rings. The van der Waals surface area contributed by atoms with Gasteiger partial charge in [-0.15, -0.1) is 0 Å². The summed E-state index contributed by atoms with van der Waals surface area (Å²) < 4.78 is 1.83. The molecule has 16 heavy (non-hydrogen) atoms. The Morgan fingerprint density at radius 1 is 1.62 bits per heavy atom. The highest BCUT2D eigenvalue weighted by atomic mass is 16.2. The first-order valence-corrected chi connectivity index (χ1v) is 5.35. The molecule has 1 aromatic heterocycles. The number of carbonyl (C=O) groups is 1. The Morgan fingerprint density at radius 2 is 2.25 bits per heavy atom. The van der Waals surface area contributed by atoms with Crippen LogP contribution in [0.2, 0.25) is 0 Å². The molecule has 1 atom stereocenters. The van der Waals surface area contributed by atoms with Gasteiger partial charge in [-0.2, -0.15) is 5.10 Å². The van der Waals surface area contributed by atoms with E-state index in [2.05, 4.69) is 10.4 Å². The quantitative estimate of drug-likeness (QED) is 0.800. The van der Waals surface area contributed by atoms with Crippen LogP contribution >= 0.6 is 0 Å². The number of hydrogen-bond donors (Lipinski definition) is 1. The summed E-state index contributed by atoms with van der Waals surface area (Å²) >= 11 is 0. The van der Waals surface area contributed by atoms with Crippen LogP contribution in [-0.4, -0.2) is 40.7 Å². The fourth-order valence-corrected chi connectivity index (χ4v) is 1.46. The summed E-state index contributed by atoms with van der Waals surface area (Å²) in [5.74, 6) is 0.0848. The SMILES string of the molecule is Cc1c(CNC(C)C(=O)N(C)C)cnn1C. The lowest BCUT2D eigenvalue weighted by molar-refractivity contribution is -0.130. The topological polar surface area (TPSA) is 50.2 Å². The van der Waals surface area contributed by atoms with E-state index >= 15 is 0 Å². The molecule has 1 rings (SSSR count). The van der Waals surface area contributed by atoms with Gasteiger partial charge >= 0.3 is 0 Å². The van der Waals surface area contributed by atoms with Gasteiger partial charge in [0.15, 0.2) is 0 Å². The van der Waals surface area contributed by atoms with Gasteiger partial charge < -0.3 is 10.2 Å². The first-order chi connectivity index (χ1) is 7.43. The summed E-state index contributed by atoms with van der Waals surface area (Å²) in [6.45, 7) is 4.55. The largest absolute Gasteiger partial charge is 0.347 e. The van der Waals surface area contributed by atoms with E-state index in [-0.39, 0.29) is 11.9 Å². The predicted octanol–water partition coefficient (Wildman–Crippen LogP) is 0.295. The van der Waals surface area contributed by atoms with Crippen molar-refractivity contribution in [3.8, 4) is 0 Å². The van der Waals surface area contributed by atoms with Gasteiger partial charge in [0.25, 0.3) is 0 Å². The highest BCUT2D eigenvalue weighted by Gasteiger charge is 2.14. The van der Waals surface area contributed by atoms with Crippen LogP contribution in [-0.2, 0) is 18.4 Å². The van der Waals surface area contributed by atoms with E-state index < -0.39 is 0 Å². The number of carbonyl (C=O) groups excluding carboxylic acids is 1. The summed E-state index contributed by atoms with van der Waals surface area (Å²) in [5.41, 5.74) is 2.25.